The Kier molecular flexibility index (Phi) is 6.11. The molecule has 6 heteroatoms. The molecule has 1 aliphatic rings. The monoisotopic (exact) mass is 423 g/mol. The molecule has 1 aromatic heterocycles. The molecule has 1 aliphatic heterocycles. The van der Waals surface area contributed by atoms with Crippen molar-refractivity contribution in [2.75, 3.05) is 38.3 Å². The van der Waals surface area contributed by atoms with Gasteiger partial charge in [0.1, 0.15) is 5.75 Å². The van der Waals surface area contributed by atoms with Crippen LogP contribution in [0.15, 0.2) is 53.5 Å². The molecule has 0 radical (unpaired) electrons. The van der Waals surface area contributed by atoms with Gasteiger partial charge < -0.3 is 18.9 Å². The van der Waals surface area contributed by atoms with E-state index in [1.165, 1.54) is 5.69 Å². The third-order valence-electron chi connectivity index (χ3n) is 5.43. The van der Waals surface area contributed by atoms with Crippen molar-refractivity contribution in [3.05, 3.63) is 70.5 Å². The summed E-state index contributed by atoms with van der Waals surface area (Å²) in [6.45, 7) is 7.58. The van der Waals surface area contributed by atoms with Gasteiger partial charge in [0.15, 0.2) is 0 Å². The number of aryl methyl sites for hydroxylation is 1. The largest absolute Gasteiger partial charge is 0.495 e. The Labute approximate surface area is 182 Å². The second-order valence-corrected chi connectivity index (χ2v) is 7.79. The van der Waals surface area contributed by atoms with Crippen LogP contribution in [-0.2, 0) is 4.74 Å². The molecule has 1 saturated heterocycles. The maximum Gasteiger partial charge on any atom is 0.142 e. The number of benzene rings is 2. The van der Waals surface area contributed by atoms with Gasteiger partial charge in [-0.2, -0.15) is 0 Å². The molecule has 2 heterocycles. The van der Waals surface area contributed by atoms with Crippen molar-refractivity contribution in [2.24, 2.45) is 4.99 Å². The topological polar surface area (TPSA) is 39.0 Å². The molecular formula is C24H26ClN3O2. The van der Waals surface area contributed by atoms with Gasteiger partial charge in [-0.25, -0.2) is 0 Å². The first-order valence-corrected chi connectivity index (χ1v) is 10.4. The minimum absolute atomic E-state index is 0.675. The number of ether oxygens (including phenoxy) is 2. The number of aromatic nitrogens is 1. The summed E-state index contributed by atoms with van der Waals surface area (Å²) >= 11 is 6.24. The summed E-state index contributed by atoms with van der Waals surface area (Å²) in [5, 5.41) is 0.675. The van der Waals surface area contributed by atoms with Gasteiger partial charge in [0, 0.05) is 47.0 Å². The Hall–Kier alpha value is -2.76. The Morgan fingerprint density at radius 1 is 1.03 bits per heavy atom. The van der Waals surface area contributed by atoms with E-state index in [0.717, 1.165) is 60.4 Å². The first kappa shape index (κ1) is 20.5. The Bertz CT molecular complexity index is 1050. The smallest absolute Gasteiger partial charge is 0.142 e. The molecule has 0 spiro atoms. The molecule has 4 rings (SSSR count). The maximum absolute atomic E-state index is 6.24. The molecule has 0 N–H and O–H groups in total. The zero-order valence-corrected chi connectivity index (χ0v) is 18.3. The molecule has 0 atom stereocenters. The van der Waals surface area contributed by atoms with Crippen LogP contribution in [0.1, 0.15) is 17.0 Å². The first-order valence-electron chi connectivity index (χ1n) is 10.1. The molecule has 0 unspecified atom stereocenters. The average molecular weight is 424 g/mol. The van der Waals surface area contributed by atoms with Crippen molar-refractivity contribution in [3.8, 4) is 11.4 Å². The lowest BCUT2D eigenvalue weighted by Gasteiger charge is -2.28. The number of nitrogens with zero attached hydrogens (tertiary/aromatic N) is 3. The summed E-state index contributed by atoms with van der Waals surface area (Å²) < 4.78 is 13.1. The van der Waals surface area contributed by atoms with E-state index in [1.54, 1.807) is 7.11 Å². The van der Waals surface area contributed by atoms with E-state index in [4.69, 9.17) is 26.1 Å². The molecule has 1 fully saturated rings. The fraction of sp³-hybridized carbons (Fsp3) is 0.292. The van der Waals surface area contributed by atoms with Gasteiger partial charge in [-0.15, -0.1) is 0 Å². The van der Waals surface area contributed by atoms with E-state index in [1.807, 2.05) is 24.4 Å². The van der Waals surface area contributed by atoms with Crippen molar-refractivity contribution < 1.29 is 9.47 Å². The van der Waals surface area contributed by atoms with Crippen molar-refractivity contribution in [1.29, 1.82) is 0 Å². The van der Waals surface area contributed by atoms with Gasteiger partial charge >= 0.3 is 0 Å². The number of methoxy groups -OCH3 is 1. The minimum atomic E-state index is 0.675. The van der Waals surface area contributed by atoms with Crippen LogP contribution in [0, 0.1) is 13.8 Å². The molecule has 0 amide bonds. The predicted octanol–water partition coefficient (Wildman–Crippen LogP) is 5.34. The molecule has 3 aromatic rings. The maximum atomic E-state index is 6.24. The summed E-state index contributed by atoms with van der Waals surface area (Å²) in [4.78, 5) is 7.03. The zero-order valence-electron chi connectivity index (χ0n) is 17.6. The highest BCUT2D eigenvalue weighted by Crippen LogP contribution is 2.30. The summed E-state index contributed by atoms with van der Waals surface area (Å²) in [6.07, 6.45) is 1.92. The van der Waals surface area contributed by atoms with Crippen LogP contribution in [0.2, 0.25) is 5.02 Å². The minimum Gasteiger partial charge on any atom is -0.495 e. The van der Waals surface area contributed by atoms with Crippen molar-refractivity contribution >= 4 is 29.2 Å². The van der Waals surface area contributed by atoms with E-state index in [9.17, 15) is 0 Å². The van der Waals surface area contributed by atoms with E-state index < -0.39 is 0 Å². The SMILES string of the molecule is COc1ccc(Cl)cc1-n1c(C)cc(C=Nc2ccc(N3CCOCC3)cc2)c1C. The zero-order chi connectivity index (χ0) is 21.1. The summed E-state index contributed by atoms with van der Waals surface area (Å²) in [5.41, 5.74) is 6.31. The van der Waals surface area contributed by atoms with E-state index >= 15 is 0 Å². The van der Waals surface area contributed by atoms with Crippen LogP contribution >= 0.6 is 11.6 Å². The third kappa shape index (κ3) is 4.23. The fourth-order valence-electron chi connectivity index (χ4n) is 3.84. The van der Waals surface area contributed by atoms with Crippen LogP contribution in [-0.4, -0.2) is 44.2 Å². The molecular weight excluding hydrogens is 398 g/mol. The van der Waals surface area contributed by atoms with Crippen LogP contribution < -0.4 is 9.64 Å². The number of anilines is 1. The van der Waals surface area contributed by atoms with Crippen LogP contribution in [0.25, 0.3) is 5.69 Å². The Morgan fingerprint density at radius 3 is 2.47 bits per heavy atom. The molecule has 0 aliphatic carbocycles. The highest BCUT2D eigenvalue weighted by atomic mass is 35.5. The van der Waals surface area contributed by atoms with E-state index in [0.29, 0.717) is 5.02 Å². The van der Waals surface area contributed by atoms with E-state index in [2.05, 4.69) is 53.6 Å². The van der Waals surface area contributed by atoms with Crippen molar-refractivity contribution in [1.82, 2.24) is 4.57 Å². The Morgan fingerprint density at radius 2 is 1.77 bits per heavy atom. The lowest BCUT2D eigenvalue weighted by molar-refractivity contribution is 0.122. The lowest BCUT2D eigenvalue weighted by atomic mass is 10.2. The summed E-state index contributed by atoms with van der Waals surface area (Å²) in [7, 11) is 1.67. The highest BCUT2D eigenvalue weighted by molar-refractivity contribution is 6.30. The van der Waals surface area contributed by atoms with Gasteiger partial charge in [-0.05, 0) is 62.4 Å². The standard InChI is InChI=1S/C24H26ClN3O2/c1-17-14-19(18(2)28(17)23-15-20(25)4-9-24(23)29-3)16-26-21-5-7-22(8-6-21)27-10-12-30-13-11-27/h4-9,14-16H,10-13H2,1-3H3. The lowest BCUT2D eigenvalue weighted by Crippen LogP contribution is -2.36. The molecule has 156 valence electrons. The van der Waals surface area contributed by atoms with Crippen LogP contribution in [0.4, 0.5) is 11.4 Å². The second kappa shape index (κ2) is 8.94. The van der Waals surface area contributed by atoms with Crippen molar-refractivity contribution in [2.45, 2.75) is 13.8 Å². The van der Waals surface area contributed by atoms with Crippen LogP contribution in [0.3, 0.4) is 0 Å². The number of rotatable bonds is 5. The summed E-state index contributed by atoms with van der Waals surface area (Å²) in [6, 6.07) is 16.1. The van der Waals surface area contributed by atoms with Gasteiger partial charge in [-0.1, -0.05) is 11.6 Å². The number of morpholine rings is 1. The third-order valence-corrected chi connectivity index (χ3v) is 5.67. The van der Waals surface area contributed by atoms with Gasteiger partial charge in [0.2, 0.25) is 0 Å². The predicted molar refractivity (Wildman–Crippen MR) is 124 cm³/mol. The molecule has 0 saturated carbocycles. The van der Waals surface area contributed by atoms with Gasteiger partial charge in [0.05, 0.1) is 31.7 Å². The summed E-state index contributed by atoms with van der Waals surface area (Å²) in [5.74, 6) is 0.781. The number of hydrogen-bond donors (Lipinski definition) is 0. The molecule has 30 heavy (non-hydrogen) atoms. The van der Waals surface area contributed by atoms with E-state index in [-0.39, 0.29) is 0 Å². The van der Waals surface area contributed by atoms with Gasteiger partial charge in [0.25, 0.3) is 0 Å². The normalized spacial score (nSPS) is 14.5. The van der Waals surface area contributed by atoms with Gasteiger partial charge in [-0.3, -0.25) is 4.99 Å². The quantitative estimate of drug-likeness (QED) is 0.520. The fourth-order valence-corrected chi connectivity index (χ4v) is 4.01. The van der Waals surface area contributed by atoms with Crippen molar-refractivity contribution in [3.63, 3.8) is 0 Å². The average Bonchev–Trinajstić information content (AvgIpc) is 3.06. The number of halogens is 1. The Balaban J connectivity index is 1.58. The highest BCUT2D eigenvalue weighted by Gasteiger charge is 2.14. The second-order valence-electron chi connectivity index (χ2n) is 7.35. The number of aliphatic imine (C=N–C) groups is 1. The number of hydrogen-bond acceptors (Lipinski definition) is 4. The molecule has 2 aromatic carbocycles. The molecule has 0 bridgehead atoms. The first-order chi connectivity index (χ1) is 14.6. The molecule has 5 nitrogen and oxygen atoms in total. The van der Waals surface area contributed by atoms with Crippen LogP contribution in [0.5, 0.6) is 5.75 Å².